The number of carbonyl (C=O) groups is 1. The Bertz CT molecular complexity index is 363. The van der Waals surface area contributed by atoms with Gasteiger partial charge in [-0.25, -0.2) is 4.98 Å². The molecule has 0 radical (unpaired) electrons. The first kappa shape index (κ1) is 13.4. The third-order valence-electron chi connectivity index (χ3n) is 2.60. The van der Waals surface area contributed by atoms with Crippen LogP contribution in [0.2, 0.25) is 0 Å². The van der Waals surface area contributed by atoms with Crippen LogP contribution in [-0.2, 0) is 4.79 Å². The van der Waals surface area contributed by atoms with Gasteiger partial charge >= 0.3 is 0 Å². The van der Waals surface area contributed by atoms with Crippen molar-refractivity contribution in [2.24, 2.45) is 0 Å². The molecule has 1 amide bonds. The van der Waals surface area contributed by atoms with E-state index in [1.165, 1.54) is 0 Å². The number of aliphatic hydroxyl groups is 1. The number of pyridine rings is 1. The summed E-state index contributed by atoms with van der Waals surface area (Å²) in [7, 11) is 3.51. The molecular weight excluding hydrogens is 218 g/mol. The molecule has 2 N–H and O–H groups in total. The van der Waals surface area contributed by atoms with E-state index in [2.05, 4.69) is 10.3 Å². The summed E-state index contributed by atoms with van der Waals surface area (Å²) in [5, 5.41) is 11.9. The molecule has 0 spiro atoms. The first-order chi connectivity index (χ1) is 8.04. The molecule has 0 fully saturated rings. The van der Waals surface area contributed by atoms with E-state index in [4.69, 9.17) is 0 Å². The molecule has 0 unspecified atom stereocenters. The Morgan fingerprint density at radius 2 is 2.29 bits per heavy atom. The molecule has 1 aromatic rings. The van der Waals surface area contributed by atoms with Crippen LogP contribution < -0.4 is 10.2 Å². The molecule has 5 nitrogen and oxygen atoms in total. The highest BCUT2D eigenvalue weighted by atomic mass is 16.3. The Morgan fingerprint density at radius 1 is 1.59 bits per heavy atom. The van der Waals surface area contributed by atoms with Crippen molar-refractivity contribution in [2.45, 2.75) is 19.4 Å². The predicted octanol–water partition coefficient (Wildman–Crippen LogP) is 0.707. The van der Waals surface area contributed by atoms with Gasteiger partial charge in [-0.3, -0.25) is 4.79 Å². The van der Waals surface area contributed by atoms with Crippen LogP contribution >= 0.6 is 0 Å². The van der Waals surface area contributed by atoms with Crippen molar-refractivity contribution < 1.29 is 9.90 Å². The normalized spacial score (nSPS) is 12.0. The van der Waals surface area contributed by atoms with Crippen LogP contribution in [0.25, 0.3) is 0 Å². The van der Waals surface area contributed by atoms with Gasteiger partial charge in [0, 0.05) is 33.3 Å². The average molecular weight is 237 g/mol. The zero-order valence-corrected chi connectivity index (χ0v) is 10.5. The highest BCUT2D eigenvalue weighted by Crippen LogP contribution is 2.14. The second kappa shape index (κ2) is 6.20. The van der Waals surface area contributed by atoms with E-state index in [0.717, 1.165) is 11.4 Å². The molecule has 1 atom stereocenters. The fourth-order valence-electron chi connectivity index (χ4n) is 1.38. The minimum absolute atomic E-state index is 0.0115. The van der Waals surface area contributed by atoms with Gasteiger partial charge in [0.15, 0.2) is 0 Å². The van der Waals surface area contributed by atoms with E-state index in [1.807, 2.05) is 24.1 Å². The number of nitrogens with one attached hydrogen (secondary N) is 1. The van der Waals surface area contributed by atoms with E-state index < -0.39 is 6.10 Å². The third kappa shape index (κ3) is 4.03. The first-order valence-electron chi connectivity index (χ1n) is 5.60. The maximum absolute atomic E-state index is 11.1. The third-order valence-corrected chi connectivity index (χ3v) is 2.60. The SMILES string of the molecule is CNC(=O)CCN(C)c1ccc([C@@H](C)O)cn1. The van der Waals surface area contributed by atoms with Crippen LogP contribution in [0.15, 0.2) is 18.3 Å². The van der Waals surface area contributed by atoms with Gasteiger partial charge in [0.2, 0.25) is 5.91 Å². The van der Waals surface area contributed by atoms with Gasteiger partial charge in [0.25, 0.3) is 0 Å². The fraction of sp³-hybridized carbons (Fsp3) is 0.500. The summed E-state index contributed by atoms with van der Waals surface area (Å²) >= 11 is 0. The average Bonchev–Trinajstić information content (AvgIpc) is 2.35. The number of nitrogens with zero attached hydrogens (tertiary/aromatic N) is 2. The summed E-state index contributed by atoms with van der Waals surface area (Å²) in [6.45, 7) is 2.31. The van der Waals surface area contributed by atoms with Gasteiger partial charge in [-0.1, -0.05) is 6.07 Å². The number of aromatic nitrogens is 1. The molecule has 5 heteroatoms. The van der Waals surface area contributed by atoms with Gasteiger partial charge in [-0.2, -0.15) is 0 Å². The smallest absolute Gasteiger partial charge is 0.221 e. The number of anilines is 1. The lowest BCUT2D eigenvalue weighted by Crippen LogP contribution is -2.26. The van der Waals surface area contributed by atoms with Crippen LogP contribution in [0.5, 0.6) is 0 Å². The number of aliphatic hydroxyl groups excluding tert-OH is 1. The van der Waals surface area contributed by atoms with Crippen LogP contribution in [0.3, 0.4) is 0 Å². The Morgan fingerprint density at radius 3 is 2.76 bits per heavy atom. The van der Waals surface area contributed by atoms with Crippen molar-refractivity contribution >= 4 is 11.7 Å². The fourth-order valence-corrected chi connectivity index (χ4v) is 1.38. The monoisotopic (exact) mass is 237 g/mol. The van der Waals surface area contributed by atoms with Crippen molar-refractivity contribution in [3.8, 4) is 0 Å². The Balaban J connectivity index is 2.57. The maximum Gasteiger partial charge on any atom is 0.221 e. The summed E-state index contributed by atoms with van der Waals surface area (Å²) < 4.78 is 0. The van der Waals surface area contributed by atoms with Gasteiger partial charge in [0.1, 0.15) is 5.82 Å². The number of amides is 1. The van der Waals surface area contributed by atoms with Crippen molar-refractivity contribution in [1.29, 1.82) is 0 Å². The number of carbonyl (C=O) groups excluding carboxylic acids is 1. The molecular formula is C12H19N3O2. The molecule has 0 bridgehead atoms. The second-order valence-electron chi connectivity index (χ2n) is 3.97. The van der Waals surface area contributed by atoms with Crippen molar-refractivity contribution in [2.75, 3.05) is 25.5 Å². The Hall–Kier alpha value is -1.62. The molecule has 0 aromatic carbocycles. The van der Waals surface area contributed by atoms with Gasteiger partial charge in [-0.15, -0.1) is 0 Å². The minimum atomic E-state index is -0.507. The van der Waals surface area contributed by atoms with E-state index in [9.17, 15) is 9.90 Å². The van der Waals surface area contributed by atoms with Crippen LogP contribution in [0.4, 0.5) is 5.82 Å². The molecule has 0 aliphatic carbocycles. The largest absolute Gasteiger partial charge is 0.389 e. The highest BCUT2D eigenvalue weighted by molar-refractivity contribution is 5.76. The molecule has 0 aliphatic heterocycles. The molecule has 0 saturated carbocycles. The van der Waals surface area contributed by atoms with Crippen LogP contribution in [0.1, 0.15) is 25.0 Å². The topological polar surface area (TPSA) is 65.5 Å². The standard InChI is InChI=1S/C12H19N3O2/c1-9(16)10-4-5-11(14-8-10)15(3)7-6-12(17)13-2/h4-5,8-9,16H,6-7H2,1-3H3,(H,13,17)/t9-/m1/s1. The lowest BCUT2D eigenvalue weighted by Gasteiger charge is -2.18. The first-order valence-corrected chi connectivity index (χ1v) is 5.60. The van der Waals surface area contributed by atoms with Crippen LogP contribution in [0, 0.1) is 0 Å². The lowest BCUT2D eigenvalue weighted by molar-refractivity contribution is -0.120. The lowest BCUT2D eigenvalue weighted by atomic mass is 10.2. The summed E-state index contributed by atoms with van der Waals surface area (Å²) in [5.41, 5.74) is 0.786. The molecule has 1 heterocycles. The number of hydrogen-bond acceptors (Lipinski definition) is 4. The molecule has 17 heavy (non-hydrogen) atoms. The molecule has 1 rings (SSSR count). The van der Waals surface area contributed by atoms with Crippen molar-refractivity contribution in [3.05, 3.63) is 23.9 Å². The minimum Gasteiger partial charge on any atom is -0.389 e. The molecule has 0 saturated heterocycles. The van der Waals surface area contributed by atoms with Gasteiger partial charge in [-0.05, 0) is 18.6 Å². The summed E-state index contributed by atoms with van der Waals surface area (Å²) in [6, 6.07) is 3.68. The quantitative estimate of drug-likeness (QED) is 0.791. The van der Waals surface area contributed by atoms with E-state index in [0.29, 0.717) is 13.0 Å². The zero-order chi connectivity index (χ0) is 12.8. The summed E-state index contributed by atoms with van der Waals surface area (Å²) in [4.78, 5) is 17.2. The summed E-state index contributed by atoms with van der Waals surface area (Å²) in [6.07, 6.45) is 1.58. The number of hydrogen-bond donors (Lipinski definition) is 2. The Kier molecular flexibility index (Phi) is 4.90. The van der Waals surface area contributed by atoms with E-state index in [-0.39, 0.29) is 5.91 Å². The predicted molar refractivity (Wildman–Crippen MR) is 66.8 cm³/mol. The highest BCUT2D eigenvalue weighted by Gasteiger charge is 2.06. The van der Waals surface area contributed by atoms with Crippen molar-refractivity contribution in [3.63, 3.8) is 0 Å². The summed E-state index contributed by atoms with van der Waals surface area (Å²) in [5.74, 6) is 0.802. The number of rotatable bonds is 5. The molecule has 1 aromatic heterocycles. The Labute approximate surface area is 101 Å². The molecule has 0 aliphatic rings. The van der Waals surface area contributed by atoms with E-state index in [1.54, 1.807) is 20.2 Å². The molecule has 94 valence electrons. The zero-order valence-electron chi connectivity index (χ0n) is 10.5. The van der Waals surface area contributed by atoms with Gasteiger partial charge < -0.3 is 15.3 Å². The van der Waals surface area contributed by atoms with Crippen molar-refractivity contribution in [1.82, 2.24) is 10.3 Å². The van der Waals surface area contributed by atoms with Crippen LogP contribution in [-0.4, -0.2) is 36.6 Å². The van der Waals surface area contributed by atoms with Gasteiger partial charge in [0.05, 0.1) is 6.10 Å². The maximum atomic E-state index is 11.1. The second-order valence-corrected chi connectivity index (χ2v) is 3.97. The van der Waals surface area contributed by atoms with E-state index >= 15 is 0 Å².